The third-order valence-electron chi connectivity index (χ3n) is 7.15. The Balaban J connectivity index is 1.46. The van der Waals surface area contributed by atoms with Crippen molar-refractivity contribution in [2.75, 3.05) is 0 Å². The summed E-state index contributed by atoms with van der Waals surface area (Å²) in [5, 5.41) is 0. The molecule has 0 saturated heterocycles. The topological polar surface area (TPSA) is 0 Å². The Kier molecular flexibility index (Phi) is 8.78. The predicted molar refractivity (Wildman–Crippen MR) is 154 cm³/mol. The molecule has 0 fully saturated rings. The van der Waals surface area contributed by atoms with E-state index in [1.54, 1.807) is 19.1 Å². The molecule has 0 atom stereocenters. The van der Waals surface area contributed by atoms with Gasteiger partial charge in [-0.2, -0.15) is 0 Å². The molecule has 0 spiro atoms. The molecule has 0 nitrogen and oxygen atoms in total. The van der Waals surface area contributed by atoms with Crippen molar-refractivity contribution in [3.8, 4) is 45.2 Å². The van der Waals surface area contributed by atoms with Crippen molar-refractivity contribution in [2.24, 2.45) is 0 Å². The third kappa shape index (κ3) is 6.32. The van der Waals surface area contributed by atoms with E-state index in [1.807, 2.05) is 6.92 Å². The Labute approximate surface area is 252 Å². The van der Waals surface area contributed by atoms with Crippen LogP contribution in [-0.2, 0) is 6.42 Å². The van der Waals surface area contributed by atoms with E-state index in [1.165, 1.54) is 12.1 Å². The lowest BCUT2D eigenvalue weighted by molar-refractivity contribution is 0.447. The second-order valence-corrected chi connectivity index (χ2v) is 10.3. The van der Waals surface area contributed by atoms with Gasteiger partial charge >= 0.3 is 0 Å². The molecule has 5 rings (SSSR count). The fraction of sp³-hybridized carbons (Fsp3) is 0.111. The van der Waals surface area contributed by atoms with Gasteiger partial charge < -0.3 is 0 Å². The molecule has 0 saturated carbocycles. The Morgan fingerprint density at radius 3 is 1.53 bits per heavy atom. The number of benzene rings is 5. The highest BCUT2D eigenvalue weighted by molar-refractivity contribution is 5.73. The van der Waals surface area contributed by atoms with Gasteiger partial charge in [-0.25, -0.2) is 39.5 Å². The van der Waals surface area contributed by atoms with Crippen molar-refractivity contribution in [1.82, 2.24) is 0 Å². The largest absolute Gasteiger partial charge is 0.206 e. The molecule has 0 unspecified atom stereocenters. The minimum absolute atomic E-state index is 0.0833. The van der Waals surface area contributed by atoms with Crippen LogP contribution < -0.4 is 0 Å². The lowest BCUT2D eigenvalue weighted by Gasteiger charge is -2.11. The summed E-state index contributed by atoms with van der Waals surface area (Å²) in [5.74, 6) is -6.81. The molecular weight excluding hydrogens is 603 g/mol. The van der Waals surface area contributed by atoms with Gasteiger partial charge in [-0.3, -0.25) is 0 Å². The summed E-state index contributed by atoms with van der Waals surface area (Å²) in [4.78, 5) is 0. The smallest absolute Gasteiger partial charge is 0.194 e. The number of aryl methyl sites for hydroxylation is 2. The van der Waals surface area contributed by atoms with Crippen molar-refractivity contribution in [2.45, 2.75) is 26.7 Å². The number of halogens is 9. The summed E-state index contributed by atoms with van der Waals surface area (Å²) >= 11 is 0. The fourth-order valence-electron chi connectivity index (χ4n) is 5.04. The third-order valence-corrected chi connectivity index (χ3v) is 7.15. The molecule has 0 heterocycles. The van der Waals surface area contributed by atoms with Crippen molar-refractivity contribution < 1.29 is 39.5 Å². The average molecular weight is 625 g/mol. The SMILES string of the molecule is CCCc1ccc(-c2cc(C)c(C#Cc3cc(F)c(-c4cc(F)c(-c5cc(F)c(F)c(F)c5)c(F)c4)c(F)c3)c(F)c2)c(F)c1. The van der Waals surface area contributed by atoms with Gasteiger partial charge in [0.05, 0.1) is 16.7 Å². The van der Waals surface area contributed by atoms with E-state index in [-0.39, 0.29) is 22.3 Å². The molecule has 5 aromatic carbocycles. The van der Waals surface area contributed by atoms with Crippen LogP contribution in [0.15, 0.2) is 66.7 Å². The normalized spacial score (nSPS) is 11.0. The highest BCUT2D eigenvalue weighted by atomic mass is 19.2. The molecular formula is C36H21F9. The molecule has 0 bridgehead atoms. The van der Waals surface area contributed by atoms with Crippen LogP contribution in [0.1, 0.15) is 35.6 Å². The first-order valence-corrected chi connectivity index (χ1v) is 13.6. The zero-order chi connectivity index (χ0) is 32.6. The van der Waals surface area contributed by atoms with Gasteiger partial charge in [0.1, 0.15) is 34.9 Å². The zero-order valence-electron chi connectivity index (χ0n) is 23.7. The van der Waals surface area contributed by atoms with Gasteiger partial charge in [0.15, 0.2) is 17.5 Å². The van der Waals surface area contributed by atoms with E-state index < -0.39 is 74.6 Å². The van der Waals surface area contributed by atoms with Crippen LogP contribution in [0, 0.1) is 71.1 Å². The molecule has 0 aliphatic rings. The first kappa shape index (κ1) is 31.5. The number of rotatable bonds is 5. The minimum atomic E-state index is -1.83. The summed E-state index contributed by atoms with van der Waals surface area (Å²) in [6.45, 7) is 3.52. The summed E-state index contributed by atoms with van der Waals surface area (Å²) < 4.78 is 130. The van der Waals surface area contributed by atoms with Gasteiger partial charge in [0, 0.05) is 11.1 Å². The van der Waals surface area contributed by atoms with Gasteiger partial charge in [-0.1, -0.05) is 37.3 Å². The molecule has 5 aromatic rings. The maximum absolute atomic E-state index is 15.1. The molecule has 0 aromatic heterocycles. The monoisotopic (exact) mass is 624 g/mol. The van der Waals surface area contributed by atoms with E-state index in [0.717, 1.165) is 30.2 Å². The summed E-state index contributed by atoms with van der Waals surface area (Å²) in [6.07, 6.45) is 1.54. The van der Waals surface area contributed by atoms with Crippen LogP contribution in [0.5, 0.6) is 0 Å². The van der Waals surface area contributed by atoms with Gasteiger partial charge in [0.25, 0.3) is 0 Å². The molecule has 0 radical (unpaired) electrons. The first-order valence-electron chi connectivity index (χ1n) is 13.6. The molecule has 0 aliphatic carbocycles. The Bertz CT molecular complexity index is 1940. The second-order valence-electron chi connectivity index (χ2n) is 10.3. The average Bonchev–Trinajstić information content (AvgIpc) is 2.95. The fourth-order valence-corrected chi connectivity index (χ4v) is 5.04. The van der Waals surface area contributed by atoms with Crippen LogP contribution in [0.3, 0.4) is 0 Å². The first-order chi connectivity index (χ1) is 21.4. The van der Waals surface area contributed by atoms with Gasteiger partial charge in [-0.05, 0) is 95.8 Å². The Morgan fingerprint density at radius 2 is 1.02 bits per heavy atom. The number of hydrogen-bond acceptors (Lipinski definition) is 0. The number of hydrogen-bond donors (Lipinski definition) is 0. The quantitative estimate of drug-likeness (QED) is 0.104. The van der Waals surface area contributed by atoms with E-state index in [9.17, 15) is 26.3 Å². The standard InChI is InChI=1S/C36H21F9/c1-3-4-19-5-8-25(26(37)10-19)21-9-18(2)24(27(38)13-21)7-6-20-11-28(39)34(29(40)12-20)22-14-30(41)35(31(42)15-22)23-16-32(43)36(45)33(44)17-23/h5,8-17H,3-4H2,1-2H3. The van der Waals surface area contributed by atoms with E-state index in [2.05, 4.69) is 11.8 Å². The molecule has 228 valence electrons. The lowest BCUT2D eigenvalue weighted by Crippen LogP contribution is -1.99. The molecule has 0 amide bonds. The van der Waals surface area contributed by atoms with Crippen LogP contribution in [0.2, 0.25) is 0 Å². The van der Waals surface area contributed by atoms with E-state index in [0.29, 0.717) is 36.2 Å². The van der Waals surface area contributed by atoms with E-state index >= 15 is 13.2 Å². The molecule has 0 aliphatic heterocycles. The summed E-state index contributed by atoms with van der Waals surface area (Å²) in [7, 11) is 0. The van der Waals surface area contributed by atoms with Crippen LogP contribution in [0.25, 0.3) is 33.4 Å². The minimum Gasteiger partial charge on any atom is -0.206 e. The summed E-state index contributed by atoms with van der Waals surface area (Å²) in [6, 6.07) is 10.8. The van der Waals surface area contributed by atoms with Gasteiger partial charge in [-0.15, -0.1) is 0 Å². The van der Waals surface area contributed by atoms with Crippen molar-refractivity contribution in [3.05, 3.63) is 141 Å². The zero-order valence-corrected chi connectivity index (χ0v) is 23.7. The van der Waals surface area contributed by atoms with Crippen molar-refractivity contribution in [3.63, 3.8) is 0 Å². The Morgan fingerprint density at radius 1 is 0.511 bits per heavy atom. The van der Waals surface area contributed by atoms with Crippen molar-refractivity contribution >= 4 is 0 Å². The second kappa shape index (κ2) is 12.6. The predicted octanol–water partition coefficient (Wildman–Crippen LogP) is 10.6. The van der Waals surface area contributed by atoms with Crippen LogP contribution in [-0.4, -0.2) is 0 Å². The van der Waals surface area contributed by atoms with Crippen molar-refractivity contribution in [1.29, 1.82) is 0 Å². The van der Waals surface area contributed by atoms with Crippen LogP contribution >= 0.6 is 0 Å². The molecule has 45 heavy (non-hydrogen) atoms. The lowest BCUT2D eigenvalue weighted by atomic mass is 9.96. The molecule has 0 N–H and O–H groups in total. The van der Waals surface area contributed by atoms with E-state index in [4.69, 9.17) is 0 Å². The Hall–Kier alpha value is -4.97. The highest BCUT2D eigenvalue weighted by Crippen LogP contribution is 2.35. The maximum Gasteiger partial charge on any atom is 0.194 e. The summed E-state index contributed by atoms with van der Waals surface area (Å²) in [5.41, 5.74) is -1.63. The van der Waals surface area contributed by atoms with Crippen LogP contribution in [0.4, 0.5) is 39.5 Å². The maximum atomic E-state index is 15.1. The highest BCUT2D eigenvalue weighted by Gasteiger charge is 2.21. The van der Waals surface area contributed by atoms with Gasteiger partial charge in [0.2, 0.25) is 0 Å². The molecule has 9 heteroatoms.